The van der Waals surface area contributed by atoms with Gasteiger partial charge in [-0.2, -0.15) is 13.2 Å². The minimum atomic E-state index is -4.41. The molecule has 1 fully saturated rings. The number of amides is 2. The normalized spacial score (nSPS) is 17.4. The first-order valence-corrected chi connectivity index (χ1v) is 7.22. The van der Waals surface area contributed by atoms with E-state index in [2.05, 4.69) is 22.5 Å². The van der Waals surface area contributed by atoms with Crippen molar-refractivity contribution in [1.82, 2.24) is 10.6 Å². The molecule has 0 aliphatic carbocycles. The van der Waals surface area contributed by atoms with Gasteiger partial charge in [0, 0.05) is 11.3 Å². The molecule has 2 N–H and O–H groups in total. The van der Waals surface area contributed by atoms with Gasteiger partial charge in [-0.1, -0.05) is 29.7 Å². The molecule has 1 aromatic rings. The molecule has 1 aliphatic heterocycles. The third-order valence-corrected chi connectivity index (χ3v) is 3.64. The molecular formula is C14H11F3N2O2S. The Morgan fingerprint density at radius 3 is 2.86 bits per heavy atom. The van der Waals surface area contributed by atoms with Gasteiger partial charge in [0.15, 0.2) is 0 Å². The molecule has 0 unspecified atom stereocenters. The van der Waals surface area contributed by atoms with Crippen LogP contribution in [0.5, 0.6) is 0 Å². The second kappa shape index (κ2) is 6.75. The maximum atomic E-state index is 12.5. The molecule has 116 valence electrons. The summed E-state index contributed by atoms with van der Waals surface area (Å²) in [6.45, 7) is -0.00782. The van der Waals surface area contributed by atoms with E-state index in [0.717, 1.165) is 23.9 Å². The average molecular weight is 328 g/mol. The van der Waals surface area contributed by atoms with Crippen molar-refractivity contribution in [3.63, 3.8) is 0 Å². The van der Waals surface area contributed by atoms with Crippen LogP contribution in [0.15, 0.2) is 24.3 Å². The van der Waals surface area contributed by atoms with Crippen molar-refractivity contribution in [2.24, 2.45) is 0 Å². The lowest BCUT2D eigenvalue weighted by molar-refractivity contribution is -0.137. The van der Waals surface area contributed by atoms with Gasteiger partial charge < -0.3 is 10.6 Å². The minimum absolute atomic E-state index is 0.00782. The molecular weight excluding hydrogens is 317 g/mol. The zero-order valence-electron chi connectivity index (χ0n) is 11.2. The Hall–Kier alpha value is -2.14. The molecule has 0 bridgehead atoms. The number of alkyl halides is 3. The van der Waals surface area contributed by atoms with Crippen LogP contribution in [-0.4, -0.2) is 29.5 Å². The number of rotatable bonds is 2. The van der Waals surface area contributed by atoms with E-state index in [0.29, 0.717) is 5.75 Å². The average Bonchev–Trinajstić information content (AvgIpc) is 2.89. The summed E-state index contributed by atoms with van der Waals surface area (Å²) in [5.41, 5.74) is -0.553. The number of carbonyl (C=O) groups excluding carboxylic acids is 2. The molecule has 2 rings (SSSR count). The van der Waals surface area contributed by atoms with Crippen LogP contribution in [0.4, 0.5) is 18.0 Å². The Labute approximate surface area is 128 Å². The van der Waals surface area contributed by atoms with E-state index in [1.807, 2.05) is 0 Å². The summed E-state index contributed by atoms with van der Waals surface area (Å²) in [6.07, 6.45) is -4.41. The van der Waals surface area contributed by atoms with Crippen molar-refractivity contribution >= 4 is 22.9 Å². The summed E-state index contributed by atoms with van der Waals surface area (Å²) in [5.74, 6) is 5.12. The van der Waals surface area contributed by atoms with Crippen LogP contribution in [0.1, 0.15) is 11.1 Å². The molecule has 22 heavy (non-hydrogen) atoms. The van der Waals surface area contributed by atoms with Gasteiger partial charge in [0.25, 0.3) is 5.24 Å². The van der Waals surface area contributed by atoms with E-state index in [1.165, 1.54) is 12.1 Å². The summed E-state index contributed by atoms with van der Waals surface area (Å²) in [5, 5.41) is 4.72. The predicted octanol–water partition coefficient (Wildman–Crippen LogP) is 2.00. The van der Waals surface area contributed by atoms with Crippen LogP contribution < -0.4 is 10.6 Å². The molecule has 1 heterocycles. The topological polar surface area (TPSA) is 58.2 Å². The van der Waals surface area contributed by atoms with E-state index < -0.39 is 17.8 Å². The molecule has 1 aliphatic rings. The van der Waals surface area contributed by atoms with Gasteiger partial charge >= 0.3 is 6.18 Å². The lowest BCUT2D eigenvalue weighted by Crippen LogP contribution is -2.42. The van der Waals surface area contributed by atoms with Crippen LogP contribution in [-0.2, 0) is 11.0 Å². The molecule has 1 aromatic carbocycles. The van der Waals surface area contributed by atoms with Crippen molar-refractivity contribution in [3.8, 4) is 11.8 Å². The standard InChI is InChI=1S/C14H11F3N2O2S/c15-14(16,17)10-5-1-3-9(7-10)4-2-6-18-12(20)11-8-22-13(21)19-11/h1,3,5,7,11H,6,8H2,(H,18,20)(H,19,21)/t11-/m0/s1. The number of halogens is 3. The zero-order valence-corrected chi connectivity index (χ0v) is 12.0. The smallest absolute Gasteiger partial charge is 0.343 e. The first-order chi connectivity index (χ1) is 10.4. The Bertz CT molecular complexity index is 649. The second-order valence-corrected chi connectivity index (χ2v) is 5.39. The molecule has 2 amide bonds. The van der Waals surface area contributed by atoms with Gasteiger partial charge in [-0.3, -0.25) is 9.59 Å². The van der Waals surface area contributed by atoms with Gasteiger partial charge in [0.2, 0.25) is 5.91 Å². The van der Waals surface area contributed by atoms with Gasteiger partial charge in [-0.05, 0) is 18.2 Å². The summed E-state index contributed by atoms with van der Waals surface area (Å²) in [6, 6.07) is 4.05. The van der Waals surface area contributed by atoms with Gasteiger partial charge in [0.05, 0.1) is 12.1 Å². The molecule has 8 heteroatoms. The maximum Gasteiger partial charge on any atom is 0.416 e. The third kappa shape index (κ3) is 4.43. The molecule has 0 spiro atoms. The number of thioether (sulfide) groups is 1. The summed E-state index contributed by atoms with van der Waals surface area (Å²) < 4.78 is 37.6. The molecule has 0 radical (unpaired) electrons. The lowest BCUT2D eigenvalue weighted by Gasteiger charge is -2.07. The SMILES string of the molecule is O=C1N[C@H](C(=O)NCC#Cc2cccc(C(F)(F)F)c2)CS1. The number of hydrogen-bond acceptors (Lipinski definition) is 3. The minimum Gasteiger partial charge on any atom is -0.343 e. The van der Waals surface area contributed by atoms with Crippen molar-refractivity contribution in [2.75, 3.05) is 12.3 Å². The quantitative estimate of drug-likeness (QED) is 0.817. The first-order valence-electron chi connectivity index (χ1n) is 6.23. The van der Waals surface area contributed by atoms with Crippen molar-refractivity contribution in [1.29, 1.82) is 0 Å². The van der Waals surface area contributed by atoms with Crippen LogP contribution >= 0.6 is 11.8 Å². The molecule has 0 saturated carbocycles. The van der Waals surface area contributed by atoms with E-state index in [9.17, 15) is 22.8 Å². The predicted molar refractivity (Wildman–Crippen MR) is 76.1 cm³/mol. The highest BCUT2D eigenvalue weighted by atomic mass is 32.2. The monoisotopic (exact) mass is 328 g/mol. The number of hydrogen-bond donors (Lipinski definition) is 2. The Morgan fingerprint density at radius 2 is 2.23 bits per heavy atom. The largest absolute Gasteiger partial charge is 0.416 e. The fourth-order valence-corrected chi connectivity index (χ4v) is 2.48. The molecule has 0 aromatic heterocycles. The Morgan fingerprint density at radius 1 is 1.45 bits per heavy atom. The van der Waals surface area contributed by atoms with E-state index in [1.54, 1.807) is 0 Å². The van der Waals surface area contributed by atoms with Crippen molar-refractivity contribution in [2.45, 2.75) is 12.2 Å². The van der Waals surface area contributed by atoms with E-state index in [4.69, 9.17) is 0 Å². The van der Waals surface area contributed by atoms with Gasteiger partial charge in [-0.25, -0.2) is 0 Å². The fraction of sp³-hybridized carbons (Fsp3) is 0.286. The fourth-order valence-electron chi connectivity index (χ4n) is 1.70. The number of carbonyl (C=O) groups is 2. The summed E-state index contributed by atoms with van der Waals surface area (Å²) >= 11 is 1.02. The van der Waals surface area contributed by atoms with Crippen LogP contribution in [0, 0.1) is 11.8 Å². The van der Waals surface area contributed by atoms with Crippen molar-refractivity contribution in [3.05, 3.63) is 35.4 Å². The van der Waals surface area contributed by atoms with Gasteiger partial charge in [-0.15, -0.1) is 0 Å². The molecule has 1 atom stereocenters. The van der Waals surface area contributed by atoms with E-state index in [-0.39, 0.29) is 23.3 Å². The lowest BCUT2D eigenvalue weighted by atomic mass is 10.1. The van der Waals surface area contributed by atoms with Crippen LogP contribution in [0.3, 0.4) is 0 Å². The Kier molecular flexibility index (Phi) is 4.98. The highest BCUT2D eigenvalue weighted by molar-refractivity contribution is 8.14. The molecule has 1 saturated heterocycles. The summed E-state index contributed by atoms with van der Waals surface area (Å²) in [7, 11) is 0. The second-order valence-electron chi connectivity index (χ2n) is 4.39. The summed E-state index contributed by atoms with van der Waals surface area (Å²) in [4.78, 5) is 22.6. The number of nitrogens with one attached hydrogen (secondary N) is 2. The van der Waals surface area contributed by atoms with Gasteiger partial charge in [0.1, 0.15) is 6.04 Å². The Balaban J connectivity index is 1.89. The van der Waals surface area contributed by atoms with Crippen molar-refractivity contribution < 1.29 is 22.8 Å². The molecule has 4 nitrogen and oxygen atoms in total. The zero-order chi connectivity index (χ0) is 16.2. The highest BCUT2D eigenvalue weighted by Crippen LogP contribution is 2.29. The van der Waals surface area contributed by atoms with E-state index >= 15 is 0 Å². The van der Waals surface area contributed by atoms with Crippen LogP contribution in [0.25, 0.3) is 0 Å². The highest BCUT2D eigenvalue weighted by Gasteiger charge is 2.30. The number of benzene rings is 1. The third-order valence-electron chi connectivity index (χ3n) is 2.76. The first kappa shape index (κ1) is 16.2. The maximum absolute atomic E-state index is 12.5. The van der Waals surface area contributed by atoms with Crippen LogP contribution in [0.2, 0.25) is 0 Å².